The van der Waals surface area contributed by atoms with Crippen molar-refractivity contribution in [1.29, 1.82) is 0 Å². The minimum Gasteiger partial charge on any atom is -0.462 e. The van der Waals surface area contributed by atoms with Crippen LogP contribution in [-0.2, 0) is 19.1 Å². The molecule has 0 spiro atoms. The molecule has 0 aliphatic carbocycles. The van der Waals surface area contributed by atoms with Crippen LogP contribution in [0.3, 0.4) is 0 Å². The average Bonchev–Trinajstić information content (AvgIpc) is 3.19. The Balaban J connectivity index is 1.45. The highest BCUT2D eigenvalue weighted by atomic mass is 16.6. The van der Waals surface area contributed by atoms with Gasteiger partial charge in [-0.25, -0.2) is 4.79 Å². The summed E-state index contributed by atoms with van der Waals surface area (Å²) in [6.07, 6.45) is -0.186. The number of carbonyl (C=O) groups excluding carboxylic acids is 4. The number of nitrogens with zero attached hydrogens (tertiary/aromatic N) is 1. The topological polar surface area (TPSA) is 90.0 Å². The Morgan fingerprint density at radius 3 is 2.19 bits per heavy atom. The van der Waals surface area contributed by atoms with Crippen LogP contribution in [0.1, 0.15) is 58.9 Å². The maximum atomic E-state index is 13.1. The molecule has 0 radical (unpaired) electrons. The Morgan fingerprint density at radius 2 is 1.62 bits per heavy atom. The summed E-state index contributed by atoms with van der Waals surface area (Å²) in [4.78, 5) is 51.6. The van der Waals surface area contributed by atoms with E-state index in [4.69, 9.17) is 9.47 Å². The number of benzene rings is 2. The number of hydrogen-bond donors (Lipinski definition) is 0. The molecule has 0 N–H and O–H groups in total. The number of carbonyl (C=O) groups is 4. The van der Waals surface area contributed by atoms with Gasteiger partial charge in [-0.1, -0.05) is 56.3 Å². The molecule has 2 aromatic carbocycles. The molecule has 0 bridgehead atoms. The lowest BCUT2D eigenvalue weighted by Gasteiger charge is -2.25. The summed E-state index contributed by atoms with van der Waals surface area (Å²) in [6, 6.07) is 15.9. The fourth-order valence-electron chi connectivity index (χ4n) is 4.14. The first-order valence-electron chi connectivity index (χ1n) is 10.7. The quantitative estimate of drug-likeness (QED) is 0.489. The summed E-state index contributed by atoms with van der Waals surface area (Å²) in [5.74, 6) is -2.33. The second-order valence-corrected chi connectivity index (χ2v) is 8.83. The average molecular weight is 435 g/mol. The summed E-state index contributed by atoms with van der Waals surface area (Å²) in [6.45, 7) is 4.02. The standard InChI is InChI=1S/C25H25NO6/c1-25(2)15-31-24(30)20(25)32-23(29)17(16-9-4-3-5-10-16)13-8-14-26-21(27)18-11-6-7-12-19(18)22(26)28/h3-7,9-12,17,20H,8,13-15H2,1-2H3/t17-,20+/m1/s1. The lowest BCUT2D eigenvalue weighted by Crippen LogP contribution is -2.36. The first kappa shape index (κ1) is 21.7. The van der Waals surface area contributed by atoms with Crippen LogP contribution in [0, 0.1) is 5.41 Å². The zero-order chi connectivity index (χ0) is 22.9. The molecular formula is C25H25NO6. The number of rotatable bonds is 7. The Bertz CT molecular complexity index is 1030. The van der Waals surface area contributed by atoms with E-state index in [9.17, 15) is 19.2 Å². The zero-order valence-corrected chi connectivity index (χ0v) is 18.1. The minimum atomic E-state index is -0.961. The zero-order valence-electron chi connectivity index (χ0n) is 18.1. The van der Waals surface area contributed by atoms with Gasteiger partial charge in [0.1, 0.15) is 6.61 Å². The number of hydrogen-bond acceptors (Lipinski definition) is 6. The van der Waals surface area contributed by atoms with E-state index in [0.29, 0.717) is 24.0 Å². The van der Waals surface area contributed by atoms with Crippen molar-refractivity contribution < 1.29 is 28.7 Å². The first-order valence-corrected chi connectivity index (χ1v) is 10.7. The highest BCUT2D eigenvalue weighted by Gasteiger charge is 2.47. The van der Waals surface area contributed by atoms with Crippen molar-refractivity contribution in [3.63, 3.8) is 0 Å². The van der Waals surface area contributed by atoms with Crippen LogP contribution in [-0.4, -0.2) is 47.9 Å². The molecule has 32 heavy (non-hydrogen) atoms. The molecule has 2 aliphatic rings. The summed E-state index contributed by atoms with van der Waals surface area (Å²) in [5.41, 5.74) is 0.953. The lowest BCUT2D eigenvalue weighted by molar-refractivity contribution is -0.164. The van der Waals surface area contributed by atoms with Crippen LogP contribution in [0.15, 0.2) is 54.6 Å². The van der Waals surface area contributed by atoms with Gasteiger partial charge >= 0.3 is 11.9 Å². The first-order chi connectivity index (χ1) is 15.3. The number of cyclic esters (lactones) is 1. The third-order valence-corrected chi connectivity index (χ3v) is 5.98. The molecule has 2 atom stereocenters. The molecule has 0 aromatic heterocycles. The predicted molar refractivity (Wildman–Crippen MR) is 115 cm³/mol. The van der Waals surface area contributed by atoms with Crippen molar-refractivity contribution >= 4 is 23.8 Å². The Morgan fingerprint density at radius 1 is 1.03 bits per heavy atom. The fraction of sp³-hybridized carbons (Fsp3) is 0.360. The summed E-state index contributed by atoms with van der Waals surface area (Å²) in [7, 11) is 0. The second kappa shape index (κ2) is 8.57. The van der Waals surface area contributed by atoms with E-state index in [1.165, 1.54) is 4.90 Å². The predicted octanol–water partition coefficient (Wildman–Crippen LogP) is 3.34. The fourth-order valence-corrected chi connectivity index (χ4v) is 4.14. The van der Waals surface area contributed by atoms with Crippen molar-refractivity contribution in [2.75, 3.05) is 13.2 Å². The maximum absolute atomic E-state index is 13.1. The largest absolute Gasteiger partial charge is 0.462 e. The van der Waals surface area contributed by atoms with Gasteiger partial charge in [0.2, 0.25) is 6.10 Å². The minimum absolute atomic E-state index is 0.194. The van der Waals surface area contributed by atoms with Gasteiger partial charge in [0.25, 0.3) is 11.8 Å². The van der Waals surface area contributed by atoms with Crippen LogP contribution in [0.25, 0.3) is 0 Å². The van der Waals surface area contributed by atoms with Gasteiger partial charge in [-0.15, -0.1) is 0 Å². The van der Waals surface area contributed by atoms with Gasteiger partial charge in [0.15, 0.2) is 0 Å². The Hall–Kier alpha value is -3.48. The van der Waals surface area contributed by atoms with Crippen molar-refractivity contribution in [2.45, 2.75) is 38.7 Å². The SMILES string of the molecule is CC1(C)COC(=O)[C@@H]1OC(=O)[C@H](CCCN1C(=O)c2ccccc2C1=O)c1ccccc1. The van der Waals surface area contributed by atoms with Gasteiger partial charge in [-0.2, -0.15) is 0 Å². The lowest BCUT2D eigenvalue weighted by atomic mass is 9.89. The molecule has 166 valence electrons. The van der Waals surface area contributed by atoms with E-state index in [1.54, 1.807) is 24.3 Å². The van der Waals surface area contributed by atoms with Crippen molar-refractivity contribution in [1.82, 2.24) is 4.90 Å². The van der Waals surface area contributed by atoms with Crippen molar-refractivity contribution in [3.05, 3.63) is 71.3 Å². The molecule has 7 nitrogen and oxygen atoms in total. The van der Waals surface area contributed by atoms with Gasteiger partial charge in [-0.05, 0) is 30.5 Å². The number of imide groups is 1. The molecular weight excluding hydrogens is 410 g/mol. The molecule has 7 heteroatoms. The summed E-state index contributed by atoms with van der Waals surface area (Å²) >= 11 is 0. The van der Waals surface area contributed by atoms with Crippen LogP contribution >= 0.6 is 0 Å². The molecule has 1 fully saturated rings. The number of esters is 2. The van der Waals surface area contributed by atoms with Crippen molar-refractivity contribution in [2.24, 2.45) is 5.41 Å². The second-order valence-electron chi connectivity index (χ2n) is 8.83. The molecule has 2 aromatic rings. The monoisotopic (exact) mass is 435 g/mol. The highest BCUT2D eigenvalue weighted by Crippen LogP contribution is 2.33. The van der Waals surface area contributed by atoms with Gasteiger partial charge in [0.05, 0.1) is 17.0 Å². The molecule has 2 heterocycles. The third-order valence-electron chi connectivity index (χ3n) is 5.98. The number of fused-ring (bicyclic) bond motifs is 1. The van der Waals surface area contributed by atoms with Crippen LogP contribution in [0.4, 0.5) is 0 Å². The van der Waals surface area contributed by atoms with E-state index in [0.717, 1.165) is 5.56 Å². The van der Waals surface area contributed by atoms with Crippen molar-refractivity contribution in [3.8, 4) is 0 Å². The number of ether oxygens (including phenoxy) is 2. The van der Waals surface area contributed by atoms with Gasteiger partial charge in [-0.3, -0.25) is 19.3 Å². The van der Waals surface area contributed by atoms with Crippen LogP contribution < -0.4 is 0 Å². The van der Waals surface area contributed by atoms with Gasteiger partial charge in [0, 0.05) is 12.0 Å². The van der Waals surface area contributed by atoms with E-state index < -0.39 is 29.4 Å². The van der Waals surface area contributed by atoms with Gasteiger partial charge < -0.3 is 9.47 Å². The van der Waals surface area contributed by atoms with E-state index >= 15 is 0 Å². The maximum Gasteiger partial charge on any atom is 0.348 e. The van der Waals surface area contributed by atoms with E-state index in [-0.39, 0.29) is 25.0 Å². The Labute approximate surface area is 186 Å². The van der Waals surface area contributed by atoms with Crippen LogP contribution in [0.2, 0.25) is 0 Å². The van der Waals surface area contributed by atoms with Crippen LogP contribution in [0.5, 0.6) is 0 Å². The molecule has 0 unspecified atom stereocenters. The summed E-state index contributed by atoms with van der Waals surface area (Å²) in [5, 5.41) is 0. The van der Waals surface area contributed by atoms with E-state index in [2.05, 4.69) is 0 Å². The molecule has 4 rings (SSSR count). The normalized spacial score (nSPS) is 20.1. The summed E-state index contributed by atoms with van der Waals surface area (Å²) < 4.78 is 10.7. The smallest absolute Gasteiger partial charge is 0.348 e. The third kappa shape index (κ3) is 4.02. The molecule has 0 saturated carbocycles. The van der Waals surface area contributed by atoms with E-state index in [1.807, 2.05) is 44.2 Å². The molecule has 2 amide bonds. The molecule has 1 saturated heterocycles. The highest BCUT2D eigenvalue weighted by molar-refractivity contribution is 6.21. The Kier molecular flexibility index (Phi) is 5.82. The number of amides is 2. The molecule has 2 aliphatic heterocycles.